The van der Waals surface area contributed by atoms with Gasteiger partial charge in [-0.25, -0.2) is 4.79 Å². The number of carbonyl (C=O) groups is 2. The first-order chi connectivity index (χ1) is 17.5. The highest BCUT2D eigenvalue weighted by Crippen LogP contribution is 2.42. The zero-order valence-electron chi connectivity index (χ0n) is 22.9. The highest BCUT2D eigenvalue weighted by atomic mass is 31.1. The van der Waals surface area contributed by atoms with E-state index in [9.17, 15) is 14.2 Å². The van der Waals surface area contributed by atoms with Gasteiger partial charge >= 0.3 is 13.3 Å². The lowest BCUT2D eigenvalue weighted by Gasteiger charge is -2.23. The van der Waals surface area contributed by atoms with E-state index in [1.165, 1.54) is 14.2 Å². The minimum Gasteiger partial charge on any atom is -0.496 e. The van der Waals surface area contributed by atoms with Crippen molar-refractivity contribution in [1.82, 2.24) is 0 Å². The van der Waals surface area contributed by atoms with Crippen molar-refractivity contribution in [3.05, 3.63) is 88.0 Å². The second kappa shape index (κ2) is 11.8. The molecular formula is C31H36O5P+. The van der Waals surface area contributed by atoms with Gasteiger partial charge in [-0.15, -0.1) is 0 Å². The van der Waals surface area contributed by atoms with E-state index in [4.69, 9.17) is 9.47 Å². The van der Waals surface area contributed by atoms with Crippen LogP contribution >= 0.6 is 7.80 Å². The van der Waals surface area contributed by atoms with Gasteiger partial charge in [0, 0.05) is 22.3 Å². The van der Waals surface area contributed by atoms with Crippen molar-refractivity contribution >= 4 is 24.4 Å². The minimum absolute atomic E-state index is 0.0165. The maximum Gasteiger partial charge on any atom is 0.459 e. The molecule has 6 heteroatoms. The van der Waals surface area contributed by atoms with E-state index >= 15 is 0 Å². The summed E-state index contributed by atoms with van der Waals surface area (Å²) in [6.07, 6.45) is 0. The molecule has 194 valence electrons. The van der Waals surface area contributed by atoms with Gasteiger partial charge in [-0.1, -0.05) is 82.5 Å². The molecule has 3 aromatic carbocycles. The topological polar surface area (TPSA) is 69.7 Å². The summed E-state index contributed by atoms with van der Waals surface area (Å²) in [5, 5.41) is 0.446. The number of carbonyl (C=O) groups excluding carboxylic acids is 2. The monoisotopic (exact) mass is 519 g/mol. The molecule has 0 aliphatic heterocycles. The van der Waals surface area contributed by atoms with Gasteiger partial charge in [-0.2, -0.15) is 0 Å². The maximum atomic E-state index is 14.3. The van der Waals surface area contributed by atoms with Gasteiger partial charge in [0.05, 0.1) is 14.2 Å². The SMILES string of the molecule is COc1cccc(OC)c1C(=O)[P+](=O)c1c(C(C)C)cc(C(C)C)c(C(=O)c2ccccc2)c1C(C)C. The Kier molecular flexibility index (Phi) is 9.04. The van der Waals surface area contributed by atoms with E-state index in [0.29, 0.717) is 33.5 Å². The quantitative estimate of drug-likeness (QED) is 0.204. The Morgan fingerprint density at radius 3 is 1.70 bits per heavy atom. The standard InChI is InChI=1S/C31H36O5P/c1-18(2)22-17-23(19(3)4)30(26(20(5)6)27(22)29(32)21-13-10-9-11-14-21)37(34)31(33)28-24(35-7)15-12-16-25(28)36-8/h9-20H,1-8H3/q+1. The molecule has 0 fully saturated rings. The second-order valence-corrected chi connectivity index (χ2v) is 11.4. The van der Waals surface area contributed by atoms with Crippen LogP contribution in [0.2, 0.25) is 0 Å². The second-order valence-electron chi connectivity index (χ2n) is 9.99. The van der Waals surface area contributed by atoms with Gasteiger partial charge in [-0.3, -0.25) is 4.79 Å². The van der Waals surface area contributed by atoms with Crippen LogP contribution in [0.3, 0.4) is 0 Å². The van der Waals surface area contributed by atoms with Gasteiger partial charge in [0.2, 0.25) is 5.30 Å². The summed E-state index contributed by atoms with van der Waals surface area (Å²) < 4.78 is 25.2. The Bertz CT molecular complexity index is 1300. The van der Waals surface area contributed by atoms with Crippen LogP contribution in [0.4, 0.5) is 0 Å². The van der Waals surface area contributed by atoms with Gasteiger partial charge in [-0.05, 0) is 41.5 Å². The van der Waals surface area contributed by atoms with Crippen molar-refractivity contribution in [2.45, 2.75) is 59.3 Å². The summed E-state index contributed by atoms with van der Waals surface area (Å²) in [6.45, 7) is 12.1. The van der Waals surface area contributed by atoms with Crippen LogP contribution in [0, 0.1) is 0 Å². The van der Waals surface area contributed by atoms with Crippen LogP contribution in [0.1, 0.15) is 102 Å². The highest BCUT2D eigenvalue weighted by Gasteiger charge is 2.44. The molecule has 37 heavy (non-hydrogen) atoms. The number of ketones is 1. The third-order valence-electron chi connectivity index (χ3n) is 6.51. The summed E-state index contributed by atoms with van der Waals surface area (Å²) in [7, 11) is 0.322. The Hall–Kier alpha value is -3.30. The van der Waals surface area contributed by atoms with E-state index in [2.05, 4.69) is 13.8 Å². The highest BCUT2D eigenvalue weighted by molar-refractivity contribution is 7.71. The van der Waals surface area contributed by atoms with Crippen molar-refractivity contribution in [2.75, 3.05) is 14.2 Å². The first kappa shape index (κ1) is 28.3. The molecule has 0 spiro atoms. The molecule has 1 atom stereocenters. The molecule has 5 nitrogen and oxygen atoms in total. The van der Waals surface area contributed by atoms with Crippen molar-refractivity contribution in [2.24, 2.45) is 0 Å². The number of ether oxygens (including phenoxy) is 2. The summed E-state index contributed by atoms with van der Waals surface area (Å²) in [5.41, 5.74) is 3.05. The molecule has 0 aliphatic rings. The van der Waals surface area contributed by atoms with E-state index in [1.54, 1.807) is 30.3 Å². The Labute approximate surface area is 221 Å². The minimum atomic E-state index is -2.61. The van der Waals surface area contributed by atoms with Crippen LogP contribution in [0.5, 0.6) is 11.5 Å². The van der Waals surface area contributed by atoms with E-state index in [1.807, 2.05) is 52.0 Å². The molecule has 0 saturated heterocycles. The lowest BCUT2D eigenvalue weighted by atomic mass is 9.81. The van der Waals surface area contributed by atoms with E-state index in [0.717, 1.165) is 11.1 Å². The summed E-state index contributed by atoms with van der Waals surface area (Å²) in [4.78, 5) is 27.9. The molecule has 0 aliphatic carbocycles. The summed E-state index contributed by atoms with van der Waals surface area (Å²) in [6, 6.07) is 16.1. The average Bonchev–Trinajstić information content (AvgIpc) is 2.90. The largest absolute Gasteiger partial charge is 0.496 e. The van der Waals surface area contributed by atoms with E-state index in [-0.39, 0.29) is 29.1 Å². The normalized spacial score (nSPS) is 11.7. The zero-order valence-corrected chi connectivity index (χ0v) is 23.8. The number of benzene rings is 3. The third-order valence-corrected chi connectivity index (χ3v) is 8.01. The van der Waals surface area contributed by atoms with E-state index < -0.39 is 13.3 Å². The van der Waals surface area contributed by atoms with Crippen LogP contribution in [-0.4, -0.2) is 25.5 Å². The fourth-order valence-electron chi connectivity index (χ4n) is 4.67. The van der Waals surface area contributed by atoms with Crippen molar-refractivity contribution in [3.63, 3.8) is 0 Å². The lowest BCUT2D eigenvalue weighted by Crippen LogP contribution is -2.25. The molecule has 3 rings (SSSR count). The molecule has 0 N–H and O–H groups in total. The fourth-order valence-corrected chi connectivity index (χ4v) is 6.45. The van der Waals surface area contributed by atoms with Crippen LogP contribution < -0.4 is 14.8 Å². The predicted molar refractivity (Wildman–Crippen MR) is 150 cm³/mol. The zero-order chi connectivity index (χ0) is 27.4. The Balaban J connectivity index is 2.40. The summed E-state index contributed by atoms with van der Waals surface area (Å²) in [5.74, 6) is 0.343. The van der Waals surface area contributed by atoms with Gasteiger partial charge in [0.1, 0.15) is 11.5 Å². The number of hydrogen-bond acceptors (Lipinski definition) is 5. The Morgan fingerprint density at radius 2 is 1.24 bits per heavy atom. The molecule has 0 amide bonds. The predicted octanol–water partition coefficient (Wildman–Crippen LogP) is 7.60. The first-order valence-electron chi connectivity index (χ1n) is 12.6. The summed E-state index contributed by atoms with van der Waals surface area (Å²) >= 11 is 0. The van der Waals surface area contributed by atoms with Crippen molar-refractivity contribution < 1.29 is 23.6 Å². The molecule has 0 radical (unpaired) electrons. The molecule has 0 saturated carbocycles. The molecule has 0 aromatic heterocycles. The first-order valence-corrected chi connectivity index (χ1v) is 13.8. The molecule has 0 bridgehead atoms. The number of hydrogen-bond donors (Lipinski definition) is 0. The lowest BCUT2D eigenvalue weighted by molar-refractivity contribution is 0.103. The van der Waals surface area contributed by atoms with Gasteiger partial charge in [0.25, 0.3) is 0 Å². The molecule has 0 heterocycles. The van der Waals surface area contributed by atoms with Gasteiger partial charge in [0.15, 0.2) is 11.3 Å². The molecule has 3 aromatic rings. The molecule has 1 unspecified atom stereocenters. The van der Waals surface area contributed by atoms with Crippen molar-refractivity contribution in [3.8, 4) is 11.5 Å². The fraction of sp³-hybridized carbons (Fsp3) is 0.355. The Morgan fingerprint density at radius 1 is 0.703 bits per heavy atom. The van der Waals surface area contributed by atoms with Crippen molar-refractivity contribution in [1.29, 1.82) is 0 Å². The number of methoxy groups -OCH3 is 2. The maximum absolute atomic E-state index is 14.3. The van der Waals surface area contributed by atoms with Crippen LogP contribution in [-0.2, 0) is 4.57 Å². The third kappa shape index (κ3) is 5.52. The average molecular weight is 520 g/mol. The van der Waals surface area contributed by atoms with Gasteiger partial charge < -0.3 is 9.47 Å². The number of rotatable bonds is 10. The van der Waals surface area contributed by atoms with Crippen LogP contribution in [0.25, 0.3) is 0 Å². The smallest absolute Gasteiger partial charge is 0.459 e. The van der Waals surface area contributed by atoms with Crippen LogP contribution in [0.15, 0.2) is 54.6 Å². The molecular weight excluding hydrogens is 483 g/mol.